The van der Waals surface area contributed by atoms with Crippen LogP contribution in [0.15, 0.2) is 0 Å². The first-order chi connectivity index (χ1) is 8.99. The summed E-state index contributed by atoms with van der Waals surface area (Å²) in [6.07, 6.45) is 3.68. The predicted octanol–water partition coefficient (Wildman–Crippen LogP) is 2.76. The van der Waals surface area contributed by atoms with E-state index >= 15 is 0 Å². The molecule has 3 nitrogen and oxygen atoms in total. The lowest BCUT2D eigenvalue weighted by atomic mass is 9.86. The van der Waals surface area contributed by atoms with Gasteiger partial charge >= 0.3 is 0 Å². The molecule has 0 aromatic rings. The summed E-state index contributed by atoms with van der Waals surface area (Å²) in [7, 11) is 2.27. The van der Waals surface area contributed by atoms with Crippen molar-refractivity contribution < 1.29 is 4.74 Å². The number of nitrogens with zero attached hydrogens (tertiary/aromatic N) is 1. The second-order valence-electron chi connectivity index (χ2n) is 6.87. The fourth-order valence-corrected chi connectivity index (χ4v) is 3.05. The van der Waals surface area contributed by atoms with E-state index in [1.807, 2.05) is 0 Å². The Morgan fingerprint density at radius 1 is 1.32 bits per heavy atom. The molecule has 114 valence electrons. The minimum absolute atomic E-state index is 0.329. The normalized spacial score (nSPS) is 25.4. The summed E-state index contributed by atoms with van der Waals surface area (Å²) in [6, 6.07) is 0.656. The molecule has 19 heavy (non-hydrogen) atoms. The zero-order chi connectivity index (χ0) is 14.3. The van der Waals surface area contributed by atoms with Gasteiger partial charge in [-0.05, 0) is 45.7 Å². The molecule has 0 aromatic carbocycles. The van der Waals surface area contributed by atoms with E-state index in [9.17, 15) is 0 Å². The third kappa shape index (κ3) is 5.80. The van der Waals surface area contributed by atoms with Crippen LogP contribution in [0, 0.1) is 11.3 Å². The van der Waals surface area contributed by atoms with Crippen LogP contribution in [-0.2, 0) is 4.74 Å². The standard InChI is InChI=1S/C16H34N2O/c1-6-8-17-11-16(7-9-19-13-16)12-18(5)15(4)10-14(2)3/h14-15,17H,6-13H2,1-5H3. The molecule has 1 rings (SSSR count). The van der Waals surface area contributed by atoms with E-state index in [1.54, 1.807) is 0 Å². The lowest BCUT2D eigenvalue weighted by Crippen LogP contribution is -2.46. The number of rotatable bonds is 9. The molecule has 1 aliphatic heterocycles. The van der Waals surface area contributed by atoms with Gasteiger partial charge < -0.3 is 15.0 Å². The van der Waals surface area contributed by atoms with Crippen LogP contribution in [0.3, 0.4) is 0 Å². The van der Waals surface area contributed by atoms with Gasteiger partial charge in [-0.15, -0.1) is 0 Å². The summed E-state index contributed by atoms with van der Waals surface area (Å²) >= 11 is 0. The van der Waals surface area contributed by atoms with Crippen LogP contribution in [0.5, 0.6) is 0 Å². The van der Waals surface area contributed by atoms with E-state index in [-0.39, 0.29) is 0 Å². The summed E-state index contributed by atoms with van der Waals surface area (Å²) in [4.78, 5) is 2.53. The SMILES string of the molecule is CCCNCC1(CN(C)C(C)CC(C)C)CCOC1. The Morgan fingerprint density at radius 2 is 2.05 bits per heavy atom. The molecule has 3 heteroatoms. The van der Waals surface area contributed by atoms with Crippen molar-refractivity contribution in [3.63, 3.8) is 0 Å². The molecule has 1 saturated heterocycles. The fourth-order valence-electron chi connectivity index (χ4n) is 3.05. The molecule has 0 saturated carbocycles. The third-order valence-electron chi connectivity index (χ3n) is 4.26. The van der Waals surface area contributed by atoms with E-state index in [2.05, 4.69) is 45.0 Å². The number of nitrogens with one attached hydrogen (secondary N) is 1. The minimum Gasteiger partial charge on any atom is -0.381 e. The van der Waals surface area contributed by atoms with Gasteiger partial charge in [0.25, 0.3) is 0 Å². The van der Waals surface area contributed by atoms with Crippen molar-refractivity contribution in [1.82, 2.24) is 10.2 Å². The highest BCUT2D eigenvalue weighted by molar-refractivity contribution is 4.89. The van der Waals surface area contributed by atoms with E-state index in [0.29, 0.717) is 11.5 Å². The topological polar surface area (TPSA) is 24.5 Å². The number of hydrogen-bond acceptors (Lipinski definition) is 3. The van der Waals surface area contributed by atoms with E-state index in [1.165, 1.54) is 19.3 Å². The molecular formula is C16H34N2O. The lowest BCUT2D eigenvalue weighted by molar-refractivity contribution is 0.0990. The Morgan fingerprint density at radius 3 is 2.58 bits per heavy atom. The summed E-state index contributed by atoms with van der Waals surface area (Å²) in [5, 5.41) is 3.60. The average Bonchev–Trinajstić information content (AvgIpc) is 2.77. The number of ether oxygens (including phenoxy) is 1. The Bertz CT molecular complexity index is 237. The first-order valence-corrected chi connectivity index (χ1v) is 7.98. The van der Waals surface area contributed by atoms with Crippen LogP contribution in [0.1, 0.15) is 47.0 Å². The van der Waals surface area contributed by atoms with Gasteiger partial charge in [-0.3, -0.25) is 0 Å². The molecule has 2 atom stereocenters. The Kier molecular flexibility index (Phi) is 7.33. The molecular weight excluding hydrogens is 236 g/mol. The van der Waals surface area contributed by atoms with Crippen LogP contribution in [0.2, 0.25) is 0 Å². The summed E-state index contributed by atoms with van der Waals surface area (Å²) in [6.45, 7) is 14.4. The average molecular weight is 270 g/mol. The van der Waals surface area contributed by atoms with Gasteiger partial charge in [-0.1, -0.05) is 20.8 Å². The van der Waals surface area contributed by atoms with Gasteiger partial charge in [0.1, 0.15) is 0 Å². The monoisotopic (exact) mass is 270 g/mol. The van der Waals surface area contributed by atoms with Crippen LogP contribution in [0.25, 0.3) is 0 Å². The maximum absolute atomic E-state index is 5.69. The maximum Gasteiger partial charge on any atom is 0.0547 e. The second kappa shape index (κ2) is 8.23. The zero-order valence-electron chi connectivity index (χ0n) is 13.7. The molecule has 1 aliphatic rings. The maximum atomic E-state index is 5.69. The summed E-state index contributed by atoms with van der Waals surface area (Å²) < 4.78 is 5.69. The highest BCUT2D eigenvalue weighted by Gasteiger charge is 2.36. The molecule has 0 aliphatic carbocycles. The predicted molar refractivity (Wildman–Crippen MR) is 82.6 cm³/mol. The Hall–Kier alpha value is -0.120. The molecule has 0 spiro atoms. The van der Waals surface area contributed by atoms with Crippen LogP contribution >= 0.6 is 0 Å². The van der Waals surface area contributed by atoms with Crippen LogP contribution in [-0.4, -0.2) is 50.8 Å². The second-order valence-corrected chi connectivity index (χ2v) is 6.87. The minimum atomic E-state index is 0.329. The number of hydrogen-bond donors (Lipinski definition) is 1. The van der Waals surface area contributed by atoms with Crippen molar-refractivity contribution in [2.75, 3.05) is 39.9 Å². The van der Waals surface area contributed by atoms with Crippen molar-refractivity contribution in [3.05, 3.63) is 0 Å². The quantitative estimate of drug-likeness (QED) is 0.652. The van der Waals surface area contributed by atoms with Gasteiger partial charge in [0.2, 0.25) is 0 Å². The molecule has 0 radical (unpaired) electrons. The van der Waals surface area contributed by atoms with E-state index < -0.39 is 0 Å². The van der Waals surface area contributed by atoms with Crippen molar-refractivity contribution in [2.45, 2.75) is 53.0 Å². The first kappa shape index (κ1) is 16.9. The fraction of sp³-hybridized carbons (Fsp3) is 1.00. The molecule has 0 bridgehead atoms. The zero-order valence-corrected chi connectivity index (χ0v) is 13.7. The van der Waals surface area contributed by atoms with Gasteiger partial charge in [0, 0.05) is 31.2 Å². The van der Waals surface area contributed by atoms with Gasteiger partial charge in [-0.25, -0.2) is 0 Å². The van der Waals surface area contributed by atoms with Crippen molar-refractivity contribution in [1.29, 1.82) is 0 Å². The lowest BCUT2D eigenvalue weighted by Gasteiger charge is -2.36. The van der Waals surface area contributed by atoms with E-state index in [4.69, 9.17) is 4.74 Å². The molecule has 0 amide bonds. The van der Waals surface area contributed by atoms with Crippen molar-refractivity contribution >= 4 is 0 Å². The van der Waals surface area contributed by atoms with Crippen LogP contribution < -0.4 is 5.32 Å². The summed E-state index contributed by atoms with van der Waals surface area (Å²) in [5.74, 6) is 0.770. The molecule has 2 unspecified atom stereocenters. The highest BCUT2D eigenvalue weighted by Crippen LogP contribution is 2.29. The Labute approximate surface area is 120 Å². The molecule has 1 heterocycles. The van der Waals surface area contributed by atoms with Gasteiger partial charge in [0.05, 0.1) is 6.61 Å². The molecule has 0 aromatic heterocycles. The van der Waals surface area contributed by atoms with Gasteiger partial charge in [0.15, 0.2) is 0 Å². The first-order valence-electron chi connectivity index (χ1n) is 7.98. The Balaban J connectivity index is 2.47. The third-order valence-corrected chi connectivity index (χ3v) is 4.26. The smallest absolute Gasteiger partial charge is 0.0547 e. The van der Waals surface area contributed by atoms with Crippen LogP contribution in [0.4, 0.5) is 0 Å². The van der Waals surface area contributed by atoms with E-state index in [0.717, 1.165) is 38.8 Å². The summed E-state index contributed by atoms with van der Waals surface area (Å²) in [5.41, 5.74) is 0.329. The van der Waals surface area contributed by atoms with Crippen molar-refractivity contribution in [3.8, 4) is 0 Å². The molecule has 1 fully saturated rings. The molecule has 1 N–H and O–H groups in total. The largest absolute Gasteiger partial charge is 0.381 e. The van der Waals surface area contributed by atoms with Crippen molar-refractivity contribution in [2.24, 2.45) is 11.3 Å². The highest BCUT2D eigenvalue weighted by atomic mass is 16.5. The van der Waals surface area contributed by atoms with Gasteiger partial charge in [-0.2, -0.15) is 0 Å².